The molecule has 1 amide bonds. The zero-order valence-electron chi connectivity index (χ0n) is 18.4. The van der Waals surface area contributed by atoms with Gasteiger partial charge < -0.3 is 14.6 Å². The van der Waals surface area contributed by atoms with Gasteiger partial charge in [-0.3, -0.25) is 9.10 Å². The van der Waals surface area contributed by atoms with E-state index in [2.05, 4.69) is 10.3 Å². The molecule has 10 heteroatoms. The van der Waals surface area contributed by atoms with Crippen molar-refractivity contribution >= 4 is 33.2 Å². The molecule has 4 aromatic rings. The van der Waals surface area contributed by atoms with Crippen LogP contribution in [0.15, 0.2) is 96.4 Å². The van der Waals surface area contributed by atoms with E-state index in [0.717, 1.165) is 11.3 Å². The molecule has 0 saturated heterocycles. The molecule has 0 unspecified atom stereocenters. The molecule has 5 rings (SSSR count). The maximum absolute atomic E-state index is 13.5. The predicted molar refractivity (Wildman–Crippen MR) is 132 cm³/mol. The number of hydrogen-bond donors (Lipinski definition) is 1. The summed E-state index contributed by atoms with van der Waals surface area (Å²) >= 11 is 5.94. The Morgan fingerprint density at radius 3 is 2.49 bits per heavy atom. The van der Waals surface area contributed by atoms with Crippen molar-refractivity contribution in [3.63, 3.8) is 0 Å². The number of carbonyl (C=O) groups is 1. The van der Waals surface area contributed by atoms with Gasteiger partial charge in [-0.2, -0.15) is 0 Å². The summed E-state index contributed by atoms with van der Waals surface area (Å²) in [7, 11) is -3.96. The Balaban J connectivity index is 1.39. The van der Waals surface area contributed by atoms with Gasteiger partial charge in [0.15, 0.2) is 6.10 Å². The fourth-order valence-corrected chi connectivity index (χ4v) is 5.51. The summed E-state index contributed by atoms with van der Waals surface area (Å²) in [5, 5.41) is 3.31. The number of benzene rings is 3. The van der Waals surface area contributed by atoms with Gasteiger partial charge in [0.1, 0.15) is 5.75 Å². The average Bonchev–Trinajstić information content (AvgIpc) is 3.42. The van der Waals surface area contributed by atoms with E-state index >= 15 is 0 Å². The van der Waals surface area contributed by atoms with Gasteiger partial charge in [0.2, 0.25) is 0 Å². The second-order valence-electron chi connectivity index (χ2n) is 7.88. The van der Waals surface area contributed by atoms with Crippen LogP contribution in [-0.2, 0) is 21.4 Å². The third-order valence-electron chi connectivity index (χ3n) is 5.66. The van der Waals surface area contributed by atoms with Crippen LogP contribution in [0.2, 0.25) is 5.02 Å². The lowest BCUT2D eigenvalue weighted by Gasteiger charge is -2.34. The number of carbonyl (C=O) groups excluding carboxylic acids is 1. The molecular weight excluding hydrogens is 488 g/mol. The van der Waals surface area contributed by atoms with Crippen LogP contribution in [0, 0.1) is 0 Å². The maximum atomic E-state index is 13.5. The van der Waals surface area contributed by atoms with Crippen LogP contribution in [0.1, 0.15) is 5.56 Å². The van der Waals surface area contributed by atoms with Gasteiger partial charge in [0.05, 0.1) is 29.1 Å². The van der Waals surface area contributed by atoms with E-state index in [1.807, 2.05) is 35.0 Å². The van der Waals surface area contributed by atoms with Crippen molar-refractivity contribution < 1.29 is 17.9 Å². The van der Waals surface area contributed by atoms with Gasteiger partial charge in [0, 0.05) is 24.0 Å². The Hall–Kier alpha value is -3.82. The minimum absolute atomic E-state index is 0.0759. The van der Waals surface area contributed by atoms with E-state index in [1.54, 1.807) is 36.8 Å². The number of fused-ring (bicyclic) bond motifs is 1. The molecule has 1 N–H and O–H groups in total. The minimum Gasteiger partial charge on any atom is -0.476 e. The standard InChI is InChI=1S/C25H21ClN4O4S/c26-19-9-11-20(12-10-19)35(32,33)30-16-24(34-23-8-4-3-7-22(23)30)25(31)28-15-18-5-1-2-6-21(18)29-14-13-27-17-29/h1-14,17,24H,15-16H2,(H,28,31)/t24-/m0/s1. The van der Waals surface area contributed by atoms with Crippen molar-refractivity contribution in [1.29, 1.82) is 0 Å². The summed E-state index contributed by atoms with van der Waals surface area (Å²) in [6, 6.07) is 20.3. The summed E-state index contributed by atoms with van der Waals surface area (Å²) in [6.45, 7) is 0.0651. The molecule has 178 valence electrons. The van der Waals surface area contributed by atoms with Crippen molar-refractivity contribution in [2.45, 2.75) is 17.5 Å². The van der Waals surface area contributed by atoms with Crippen LogP contribution >= 0.6 is 11.6 Å². The van der Waals surface area contributed by atoms with Crippen LogP contribution in [0.4, 0.5) is 5.69 Å². The Bertz CT molecular complexity index is 1460. The Kier molecular flexibility index (Phi) is 6.19. The lowest BCUT2D eigenvalue weighted by atomic mass is 10.1. The van der Waals surface area contributed by atoms with Crippen LogP contribution in [-0.4, -0.2) is 36.5 Å². The highest BCUT2D eigenvalue weighted by Gasteiger charge is 2.37. The zero-order chi connectivity index (χ0) is 24.4. The number of nitrogens with one attached hydrogen (secondary N) is 1. The van der Waals surface area contributed by atoms with Gasteiger partial charge in [-0.15, -0.1) is 0 Å². The quantitative estimate of drug-likeness (QED) is 0.427. The van der Waals surface area contributed by atoms with E-state index in [1.165, 1.54) is 28.6 Å². The van der Waals surface area contributed by atoms with Crippen LogP contribution in [0.5, 0.6) is 5.75 Å². The summed E-state index contributed by atoms with van der Waals surface area (Å²) in [6.07, 6.45) is 4.15. The number of ether oxygens (including phenoxy) is 1. The van der Waals surface area contributed by atoms with Crippen molar-refractivity contribution in [2.24, 2.45) is 0 Å². The summed E-state index contributed by atoms with van der Waals surface area (Å²) in [5.74, 6) is -0.105. The summed E-state index contributed by atoms with van der Waals surface area (Å²) < 4.78 is 35.9. The van der Waals surface area contributed by atoms with E-state index in [9.17, 15) is 13.2 Å². The monoisotopic (exact) mass is 508 g/mol. The number of nitrogens with zero attached hydrogens (tertiary/aromatic N) is 3. The minimum atomic E-state index is -3.96. The number of halogens is 1. The number of anilines is 1. The van der Waals surface area contributed by atoms with Crippen LogP contribution in [0.3, 0.4) is 0 Å². The van der Waals surface area contributed by atoms with E-state index in [4.69, 9.17) is 16.3 Å². The predicted octanol–water partition coefficient (Wildman–Crippen LogP) is 3.80. The number of hydrogen-bond acceptors (Lipinski definition) is 5. The largest absolute Gasteiger partial charge is 0.476 e. The molecule has 0 bridgehead atoms. The Morgan fingerprint density at radius 1 is 1.03 bits per heavy atom. The Labute approximate surface area is 207 Å². The number of para-hydroxylation sites is 3. The van der Waals surface area contributed by atoms with Crippen molar-refractivity contribution in [1.82, 2.24) is 14.9 Å². The van der Waals surface area contributed by atoms with Crippen LogP contribution < -0.4 is 14.4 Å². The van der Waals surface area contributed by atoms with Gasteiger partial charge in [-0.1, -0.05) is 41.9 Å². The van der Waals surface area contributed by atoms with Gasteiger partial charge >= 0.3 is 0 Å². The molecule has 0 spiro atoms. The lowest BCUT2D eigenvalue weighted by Crippen LogP contribution is -2.50. The van der Waals surface area contributed by atoms with E-state index in [0.29, 0.717) is 16.5 Å². The molecule has 0 fully saturated rings. The van der Waals surface area contributed by atoms with Crippen molar-refractivity contribution in [2.75, 3.05) is 10.8 Å². The fraction of sp³-hybridized carbons (Fsp3) is 0.120. The molecule has 0 radical (unpaired) electrons. The molecule has 8 nitrogen and oxygen atoms in total. The maximum Gasteiger partial charge on any atom is 0.264 e. The van der Waals surface area contributed by atoms with Gasteiger partial charge in [-0.25, -0.2) is 13.4 Å². The van der Waals surface area contributed by atoms with Gasteiger partial charge in [0.25, 0.3) is 15.9 Å². The number of sulfonamides is 1. The lowest BCUT2D eigenvalue weighted by molar-refractivity contribution is -0.127. The Morgan fingerprint density at radius 2 is 1.74 bits per heavy atom. The van der Waals surface area contributed by atoms with E-state index in [-0.39, 0.29) is 18.0 Å². The SMILES string of the molecule is O=C(NCc1ccccc1-n1ccnc1)[C@@H]1CN(S(=O)(=O)c2ccc(Cl)cc2)c2ccccc2O1. The molecule has 35 heavy (non-hydrogen) atoms. The van der Waals surface area contributed by atoms with Gasteiger partial charge in [-0.05, 0) is 48.0 Å². The highest BCUT2D eigenvalue weighted by Crippen LogP contribution is 2.37. The first-order valence-electron chi connectivity index (χ1n) is 10.8. The first kappa shape index (κ1) is 22.9. The summed E-state index contributed by atoms with van der Waals surface area (Å²) in [4.78, 5) is 17.3. The third-order valence-corrected chi connectivity index (χ3v) is 7.70. The molecule has 1 aliphatic heterocycles. The van der Waals surface area contributed by atoms with E-state index < -0.39 is 22.0 Å². The molecule has 1 aliphatic rings. The third kappa shape index (κ3) is 4.60. The molecule has 1 aromatic heterocycles. The molecule has 0 aliphatic carbocycles. The second kappa shape index (κ2) is 9.44. The molecule has 0 saturated carbocycles. The normalized spacial score (nSPS) is 15.2. The second-order valence-corrected chi connectivity index (χ2v) is 10.2. The zero-order valence-corrected chi connectivity index (χ0v) is 20.0. The summed E-state index contributed by atoms with van der Waals surface area (Å²) in [5.41, 5.74) is 2.13. The van der Waals surface area contributed by atoms with Crippen molar-refractivity contribution in [3.05, 3.63) is 102 Å². The molecule has 1 atom stereocenters. The molecule has 2 heterocycles. The number of amides is 1. The number of imidazole rings is 1. The molecular formula is C25H21ClN4O4S. The highest BCUT2D eigenvalue weighted by molar-refractivity contribution is 7.92. The smallest absolute Gasteiger partial charge is 0.264 e. The molecule has 3 aromatic carbocycles. The van der Waals surface area contributed by atoms with Crippen molar-refractivity contribution in [3.8, 4) is 11.4 Å². The van der Waals surface area contributed by atoms with Crippen LogP contribution in [0.25, 0.3) is 5.69 Å². The average molecular weight is 509 g/mol. The number of rotatable bonds is 6. The fourth-order valence-electron chi connectivity index (χ4n) is 3.91. The first-order valence-corrected chi connectivity index (χ1v) is 12.6. The highest BCUT2D eigenvalue weighted by atomic mass is 35.5. The number of aromatic nitrogens is 2. The topological polar surface area (TPSA) is 93.5 Å². The first-order chi connectivity index (χ1) is 16.9.